The van der Waals surface area contributed by atoms with E-state index in [2.05, 4.69) is 25.6 Å². The van der Waals surface area contributed by atoms with Crippen molar-refractivity contribution >= 4 is 37.3 Å². The third-order valence-corrected chi connectivity index (χ3v) is 4.40. The normalized spacial score (nSPS) is 11.3. The monoisotopic (exact) mass is 363 g/mol. The molecular weight excluding hydrogens is 356 g/mol. The summed E-state index contributed by atoms with van der Waals surface area (Å²) in [5.74, 6) is -1.72. The highest BCUT2D eigenvalue weighted by Crippen LogP contribution is 2.27. The summed E-state index contributed by atoms with van der Waals surface area (Å²) in [5.41, 5.74) is 5.61. The van der Waals surface area contributed by atoms with Crippen molar-refractivity contribution in [3.8, 4) is 0 Å². The molecule has 2 aromatic rings. The van der Waals surface area contributed by atoms with Crippen molar-refractivity contribution < 1.29 is 17.2 Å². The molecule has 0 radical (unpaired) electrons. The first-order chi connectivity index (χ1) is 9.29. The Hall–Kier alpha value is -1.74. The molecule has 0 aliphatic heterocycles. The van der Waals surface area contributed by atoms with Gasteiger partial charge in [0.15, 0.2) is 0 Å². The van der Waals surface area contributed by atoms with Gasteiger partial charge in [-0.05, 0) is 40.2 Å². The van der Waals surface area contributed by atoms with Crippen LogP contribution in [0.4, 0.5) is 20.2 Å². The smallest absolute Gasteiger partial charge is 0.264 e. The molecule has 0 aliphatic rings. The number of hydrogen-bond acceptors (Lipinski definition) is 4. The van der Waals surface area contributed by atoms with E-state index in [0.717, 1.165) is 24.4 Å². The van der Waals surface area contributed by atoms with Crippen molar-refractivity contribution in [3.63, 3.8) is 0 Å². The molecule has 5 nitrogen and oxygen atoms in total. The zero-order chi connectivity index (χ0) is 14.9. The molecule has 106 valence electrons. The van der Waals surface area contributed by atoms with Gasteiger partial charge in [-0.2, -0.15) is 4.39 Å². The summed E-state index contributed by atoms with van der Waals surface area (Å²) in [6.07, 6.45) is 0.979. The van der Waals surface area contributed by atoms with Gasteiger partial charge in [-0.3, -0.25) is 4.72 Å². The third kappa shape index (κ3) is 3.05. The summed E-state index contributed by atoms with van der Waals surface area (Å²) >= 11 is 2.99. The van der Waals surface area contributed by atoms with Crippen molar-refractivity contribution in [2.45, 2.75) is 4.90 Å². The second kappa shape index (κ2) is 5.33. The number of nitrogens with two attached hydrogens (primary N) is 1. The van der Waals surface area contributed by atoms with Crippen molar-refractivity contribution in [1.82, 2.24) is 4.98 Å². The highest BCUT2D eigenvalue weighted by atomic mass is 79.9. The highest BCUT2D eigenvalue weighted by Gasteiger charge is 2.21. The lowest BCUT2D eigenvalue weighted by Crippen LogP contribution is -2.15. The number of pyridine rings is 1. The van der Waals surface area contributed by atoms with E-state index in [-0.39, 0.29) is 15.8 Å². The van der Waals surface area contributed by atoms with E-state index in [1.54, 1.807) is 0 Å². The highest BCUT2D eigenvalue weighted by molar-refractivity contribution is 9.10. The molecule has 0 unspecified atom stereocenters. The maximum Gasteiger partial charge on any atom is 0.264 e. The Morgan fingerprint density at radius 1 is 1.25 bits per heavy atom. The Labute approximate surface area is 122 Å². The van der Waals surface area contributed by atoms with Gasteiger partial charge in [-0.1, -0.05) is 0 Å². The molecule has 0 amide bonds. The molecule has 0 bridgehead atoms. The van der Waals surface area contributed by atoms with Gasteiger partial charge < -0.3 is 5.73 Å². The second-order valence-corrected chi connectivity index (χ2v) is 6.28. The largest absolute Gasteiger partial charge is 0.398 e. The Morgan fingerprint density at radius 2 is 1.95 bits per heavy atom. The van der Waals surface area contributed by atoms with Gasteiger partial charge in [0.1, 0.15) is 10.7 Å². The molecule has 20 heavy (non-hydrogen) atoms. The lowest BCUT2D eigenvalue weighted by Gasteiger charge is -2.10. The van der Waals surface area contributed by atoms with E-state index < -0.39 is 26.7 Å². The van der Waals surface area contributed by atoms with E-state index in [1.807, 2.05) is 0 Å². The average molecular weight is 364 g/mol. The maximum absolute atomic E-state index is 13.7. The topological polar surface area (TPSA) is 85.1 Å². The molecule has 3 N–H and O–H groups in total. The molecular formula is C11H8BrF2N3O2S. The number of nitrogens with one attached hydrogen (secondary N) is 1. The molecule has 0 atom stereocenters. The summed E-state index contributed by atoms with van der Waals surface area (Å²) < 4.78 is 52.7. The predicted octanol–water partition coefficient (Wildman–Crippen LogP) is 2.51. The summed E-state index contributed by atoms with van der Waals surface area (Å²) in [5, 5.41) is 0. The molecule has 2 rings (SSSR count). The average Bonchev–Trinajstić information content (AvgIpc) is 2.36. The summed E-state index contributed by atoms with van der Waals surface area (Å²) in [6, 6.07) is 4.08. The van der Waals surface area contributed by atoms with E-state index in [9.17, 15) is 17.2 Å². The first-order valence-corrected chi connectivity index (χ1v) is 7.46. The van der Waals surface area contributed by atoms with Crippen molar-refractivity contribution in [3.05, 3.63) is 46.7 Å². The van der Waals surface area contributed by atoms with Gasteiger partial charge in [-0.15, -0.1) is 0 Å². The Morgan fingerprint density at radius 3 is 2.55 bits per heavy atom. The molecule has 1 heterocycles. The van der Waals surface area contributed by atoms with E-state index in [1.165, 1.54) is 6.07 Å². The predicted molar refractivity (Wildman–Crippen MR) is 73.5 cm³/mol. The van der Waals surface area contributed by atoms with Crippen LogP contribution in [0.15, 0.2) is 39.8 Å². The minimum atomic E-state index is -4.18. The molecule has 0 aliphatic carbocycles. The molecule has 0 saturated carbocycles. The number of hydrogen-bond donors (Lipinski definition) is 2. The quantitative estimate of drug-likeness (QED) is 0.648. The minimum Gasteiger partial charge on any atom is -0.398 e. The number of nitrogen functional groups attached to an aromatic ring is 1. The van der Waals surface area contributed by atoms with Crippen LogP contribution in [0.5, 0.6) is 0 Å². The Balaban J connectivity index is 2.40. The first kappa shape index (κ1) is 14.7. The molecule has 0 spiro atoms. The van der Waals surface area contributed by atoms with E-state index in [4.69, 9.17) is 5.73 Å². The van der Waals surface area contributed by atoms with Crippen LogP contribution in [-0.2, 0) is 10.0 Å². The molecule has 9 heteroatoms. The Kier molecular flexibility index (Phi) is 3.91. The van der Waals surface area contributed by atoms with Crippen molar-refractivity contribution in [1.29, 1.82) is 0 Å². The fourth-order valence-electron chi connectivity index (χ4n) is 1.40. The van der Waals surface area contributed by atoms with Crippen LogP contribution in [-0.4, -0.2) is 13.4 Å². The second-order valence-electron chi connectivity index (χ2n) is 3.78. The lowest BCUT2D eigenvalue weighted by molar-refractivity contribution is 0.569. The van der Waals surface area contributed by atoms with Gasteiger partial charge in [0.05, 0.1) is 11.9 Å². The van der Waals surface area contributed by atoms with Gasteiger partial charge >= 0.3 is 0 Å². The molecule has 1 aromatic heterocycles. The summed E-state index contributed by atoms with van der Waals surface area (Å²) in [4.78, 5) is 2.68. The van der Waals surface area contributed by atoms with Crippen molar-refractivity contribution in [2.24, 2.45) is 0 Å². The summed E-state index contributed by atoms with van der Waals surface area (Å²) in [6.45, 7) is 0. The lowest BCUT2D eigenvalue weighted by atomic mass is 10.3. The number of rotatable bonds is 3. The van der Waals surface area contributed by atoms with Crippen LogP contribution in [0.1, 0.15) is 0 Å². The van der Waals surface area contributed by atoms with Gasteiger partial charge in [-0.25, -0.2) is 17.8 Å². The van der Waals surface area contributed by atoms with Gasteiger partial charge in [0, 0.05) is 10.2 Å². The van der Waals surface area contributed by atoms with Crippen LogP contribution in [0.25, 0.3) is 0 Å². The first-order valence-electron chi connectivity index (χ1n) is 5.18. The number of benzene rings is 1. The van der Waals surface area contributed by atoms with Crippen molar-refractivity contribution in [2.75, 3.05) is 10.5 Å². The number of aromatic nitrogens is 1. The maximum atomic E-state index is 13.7. The van der Waals surface area contributed by atoms with Crippen LogP contribution in [0.3, 0.4) is 0 Å². The zero-order valence-electron chi connectivity index (χ0n) is 9.77. The fraction of sp³-hybridized carbons (Fsp3) is 0. The van der Waals surface area contributed by atoms with Crippen LogP contribution in [0, 0.1) is 11.8 Å². The Bertz CT molecular complexity index is 751. The van der Waals surface area contributed by atoms with Crippen LogP contribution >= 0.6 is 15.9 Å². The summed E-state index contributed by atoms with van der Waals surface area (Å²) in [7, 11) is -4.18. The van der Waals surface area contributed by atoms with E-state index in [0.29, 0.717) is 0 Å². The molecule has 0 fully saturated rings. The zero-order valence-corrected chi connectivity index (χ0v) is 12.2. The van der Waals surface area contributed by atoms with E-state index >= 15 is 0 Å². The number of halogens is 3. The SMILES string of the molecule is Nc1cc(S(=O)(=O)Nc2ccc(F)nc2)c(F)cc1Br. The van der Waals surface area contributed by atoms with Gasteiger partial charge in [0.2, 0.25) is 5.95 Å². The number of sulfonamides is 1. The fourth-order valence-corrected chi connectivity index (χ4v) is 2.85. The number of nitrogens with zero attached hydrogens (tertiary/aromatic N) is 1. The standard InChI is InChI=1S/C11H8BrF2N3O2S/c12-7-3-8(13)10(4-9(7)15)20(18,19)17-6-1-2-11(14)16-5-6/h1-5,17H,15H2. The molecule has 0 saturated heterocycles. The van der Waals surface area contributed by atoms with Gasteiger partial charge in [0.25, 0.3) is 10.0 Å². The van der Waals surface area contributed by atoms with Crippen LogP contribution < -0.4 is 10.5 Å². The minimum absolute atomic E-state index is 0.00675. The number of anilines is 2. The third-order valence-electron chi connectivity index (χ3n) is 2.32. The van der Waals surface area contributed by atoms with Crippen LogP contribution in [0.2, 0.25) is 0 Å². The molecule has 1 aromatic carbocycles.